The molecule has 0 fully saturated rings. The number of nitrogens with zero attached hydrogens (tertiary/aromatic N) is 1. The molecule has 0 amide bonds. The van der Waals surface area contributed by atoms with Crippen LogP contribution in [-0.4, -0.2) is 0 Å². The molecule has 0 atom stereocenters. The first-order chi connectivity index (χ1) is 40.9. The van der Waals surface area contributed by atoms with Crippen molar-refractivity contribution in [1.29, 1.82) is 0 Å². The highest BCUT2D eigenvalue weighted by Crippen LogP contribution is 2.61. The molecule has 4 aliphatic carbocycles. The topological polar surface area (TPSA) is 15.3 Å². The Hall–Kier alpha value is -8.84. The Labute approximate surface area is 511 Å². The lowest BCUT2D eigenvalue weighted by Gasteiger charge is -2.36. The normalized spacial score (nSPS) is 13.3. The molecule has 396 valence electrons. The van der Waals surface area contributed by atoms with Crippen LogP contribution in [-0.2, 0) is 10.8 Å². The van der Waals surface area contributed by atoms with Gasteiger partial charge in [-0.25, -0.2) is 0 Å². The highest BCUT2D eigenvalue weighted by Gasteiger charge is 2.50. The van der Waals surface area contributed by atoms with Gasteiger partial charge in [0.1, 0.15) is 0 Å². The van der Waals surface area contributed by atoms with Gasteiger partial charge in [-0.1, -0.05) is 266 Å². The van der Waals surface area contributed by atoms with E-state index in [1.165, 1.54) is 89.0 Å². The van der Waals surface area contributed by atoms with E-state index in [0.717, 1.165) is 41.9 Å². The SMILES string of the molecule is Brc1ccc2c(c1)C1(c3cc(Br)ccc3C=C2)c2ccccc2-c2ccccc21.Brc1ccc2c(c1)C1(c3cc(N(c4ccccc4)c4ccccc4)ccc3C=C2)c2ccccc2-c2ccccc21.c1ccc(Nc2ccccc2)cc1. The maximum atomic E-state index is 3.83. The fourth-order valence-corrected chi connectivity index (χ4v) is 14.3. The van der Waals surface area contributed by atoms with Crippen molar-refractivity contribution in [3.05, 3.63) is 371 Å². The average Bonchev–Trinajstić information content (AvgIpc) is 1.68. The minimum Gasteiger partial charge on any atom is -0.356 e. The van der Waals surface area contributed by atoms with E-state index in [1.807, 2.05) is 60.7 Å². The number of halogens is 3. The highest BCUT2D eigenvalue weighted by atomic mass is 79.9. The summed E-state index contributed by atoms with van der Waals surface area (Å²) in [6.45, 7) is 0. The van der Waals surface area contributed by atoms with Crippen LogP contribution in [0.5, 0.6) is 0 Å². The van der Waals surface area contributed by atoms with E-state index in [4.69, 9.17) is 0 Å². The zero-order valence-corrected chi connectivity index (χ0v) is 49.9. The number of hydrogen-bond donors (Lipinski definition) is 1. The minimum atomic E-state index is -0.472. The number of para-hydroxylation sites is 4. The Morgan fingerprint density at radius 3 is 0.855 bits per heavy atom. The van der Waals surface area contributed by atoms with Crippen LogP contribution in [0.1, 0.15) is 66.8 Å². The van der Waals surface area contributed by atoms with E-state index in [9.17, 15) is 0 Å². The van der Waals surface area contributed by atoms with E-state index in [1.54, 1.807) is 0 Å². The molecule has 5 heteroatoms. The molecular weight excluding hydrogens is 1200 g/mol. The summed E-state index contributed by atoms with van der Waals surface area (Å²) < 4.78 is 3.29. The summed E-state index contributed by atoms with van der Waals surface area (Å²) in [5.41, 5.74) is 25.6. The summed E-state index contributed by atoms with van der Waals surface area (Å²) in [5, 5.41) is 3.30. The third-order valence-corrected chi connectivity index (χ3v) is 18.1. The van der Waals surface area contributed by atoms with E-state index < -0.39 is 5.41 Å². The van der Waals surface area contributed by atoms with Crippen LogP contribution >= 0.6 is 47.8 Å². The summed E-state index contributed by atoms with van der Waals surface area (Å²) in [7, 11) is 0. The number of fused-ring (bicyclic) bond motifs is 18. The van der Waals surface area contributed by atoms with Gasteiger partial charge in [-0.3, -0.25) is 0 Å². The Kier molecular flexibility index (Phi) is 13.9. The molecule has 0 heterocycles. The first kappa shape index (κ1) is 52.2. The smallest absolute Gasteiger partial charge is 0.0726 e. The monoisotopic (exact) mass is 1250 g/mol. The van der Waals surface area contributed by atoms with Crippen molar-refractivity contribution in [1.82, 2.24) is 0 Å². The van der Waals surface area contributed by atoms with Crippen LogP contribution in [0.25, 0.3) is 46.6 Å². The first-order valence-corrected chi connectivity index (χ1v) is 30.3. The fraction of sp³-hybridized carbons (Fsp3) is 0.0256. The number of hydrogen-bond acceptors (Lipinski definition) is 2. The third-order valence-electron chi connectivity index (χ3n) is 16.6. The van der Waals surface area contributed by atoms with E-state index in [2.05, 4.69) is 313 Å². The molecule has 0 unspecified atom stereocenters. The second kappa shape index (κ2) is 22.1. The Balaban J connectivity index is 0.000000126. The van der Waals surface area contributed by atoms with Crippen LogP contribution in [0.4, 0.5) is 28.4 Å². The van der Waals surface area contributed by atoms with Crippen molar-refractivity contribution in [2.75, 3.05) is 10.2 Å². The molecule has 2 spiro atoms. The second-order valence-electron chi connectivity index (χ2n) is 21.2. The molecule has 0 aromatic heterocycles. The third kappa shape index (κ3) is 9.16. The van der Waals surface area contributed by atoms with Gasteiger partial charge in [0.25, 0.3) is 0 Å². The molecule has 16 rings (SSSR count). The van der Waals surface area contributed by atoms with Gasteiger partial charge in [0, 0.05) is 41.9 Å². The molecule has 0 saturated heterocycles. The summed E-state index contributed by atoms with van der Waals surface area (Å²) in [6.07, 6.45) is 9.09. The summed E-state index contributed by atoms with van der Waals surface area (Å²) in [4.78, 5) is 2.36. The van der Waals surface area contributed by atoms with Gasteiger partial charge in [-0.15, -0.1) is 0 Å². The standard InChI is InChI=1S/C39H26BrN.C27H16Br2.C12H11N/c40-29-23-21-27-19-20-28-22-24-32(41(30-11-3-1-4-12-30)31-13-5-2-6-14-31)26-38(28)39(37(27)25-29)35-17-9-7-15-33(35)34-16-8-10-18-36(34)39;28-19-13-11-17-9-10-18-12-14-20(29)16-26(18)27(25(17)15-19)23-7-3-1-5-21(23)22-6-2-4-8-24(22)27;1-3-7-11(8-4-1)13-12-9-5-2-6-10-12/h1-26H;1-16H;1-10,13H. The van der Waals surface area contributed by atoms with Crippen molar-refractivity contribution in [2.24, 2.45) is 0 Å². The zero-order chi connectivity index (χ0) is 55.9. The lowest BCUT2D eigenvalue weighted by molar-refractivity contribution is 0.765. The molecule has 0 saturated carbocycles. The highest BCUT2D eigenvalue weighted by molar-refractivity contribution is 9.11. The number of benzene rings is 12. The van der Waals surface area contributed by atoms with Crippen molar-refractivity contribution in [3.63, 3.8) is 0 Å². The van der Waals surface area contributed by atoms with Crippen LogP contribution in [0.15, 0.2) is 305 Å². The molecular formula is C78H53Br3N2. The molecule has 1 N–H and O–H groups in total. The molecule has 12 aromatic carbocycles. The average molecular weight is 1260 g/mol. The quantitative estimate of drug-likeness (QED) is 0.185. The molecule has 0 bridgehead atoms. The summed E-state index contributed by atoms with van der Waals surface area (Å²) >= 11 is 11.3. The lowest BCUT2D eigenvalue weighted by Crippen LogP contribution is -2.30. The summed E-state index contributed by atoms with van der Waals surface area (Å²) in [5.74, 6) is 0. The molecule has 2 nitrogen and oxygen atoms in total. The van der Waals surface area contributed by atoms with Gasteiger partial charge < -0.3 is 10.2 Å². The zero-order valence-electron chi connectivity index (χ0n) is 45.1. The van der Waals surface area contributed by atoms with Crippen LogP contribution in [0, 0.1) is 0 Å². The van der Waals surface area contributed by atoms with Gasteiger partial charge in [0.05, 0.1) is 10.8 Å². The molecule has 4 aliphatic rings. The van der Waals surface area contributed by atoms with E-state index in [0.29, 0.717) is 0 Å². The van der Waals surface area contributed by atoms with Crippen LogP contribution in [0.2, 0.25) is 0 Å². The van der Waals surface area contributed by atoms with Crippen molar-refractivity contribution in [2.45, 2.75) is 10.8 Å². The minimum absolute atomic E-state index is 0.352. The van der Waals surface area contributed by atoms with Crippen molar-refractivity contribution in [3.8, 4) is 22.3 Å². The van der Waals surface area contributed by atoms with E-state index >= 15 is 0 Å². The van der Waals surface area contributed by atoms with Gasteiger partial charge in [-0.05, 0) is 186 Å². The number of anilines is 5. The van der Waals surface area contributed by atoms with Crippen LogP contribution < -0.4 is 10.2 Å². The maximum Gasteiger partial charge on any atom is 0.0726 e. The Morgan fingerprint density at radius 1 is 0.241 bits per heavy atom. The van der Waals surface area contributed by atoms with Crippen molar-refractivity contribution >= 4 is 101 Å². The predicted molar refractivity (Wildman–Crippen MR) is 359 cm³/mol. The fourth-order valence-electron chi connectivity index (χ4n) is 13.2. The summed E-state index contributed by atoms with van der Waals surface area (Å²) in [6, 6.07) is 104. The molecule has 83 heavy (non-hydrogen) atoms. The molecule has 12 aromatic rings. The molecule has 0 aliphatic heterocycles. The van der Waals surface area contributed by atoms with Gasteiger partial charge >= 0.3 is 0 Å². The predicted octanol–water partition coefficient (Wildman–Crippen LogP) is 22.3. The van der Waals surface area contributed by atoms with Gasteiger partial charge in [0.2, 0.25) is 0 Å². The maximum absolute atomic E-state index is 3.83. The Morgan fingerprint density at radius 2 is 0.518 bits per heavy atom. The lowest BCUT2D eigenvalue weighted by atomic mass is 9.66. The van der Waals surface area contributed by atoms with Gasteiger partial charge in [0.15, 0.2) is 0 Å². The van der Waals surface area contributed by atoms with Gasteiger partial charge in [-0.2, -0.15) is 0 Å². The second-order valence-corrected chi connectivity index (χ2v) is 23.9. The molecule has 0 radical (unpaired) electrons. The van der Waals surface area contributed by atoms with Crippen molar-refractivity contribution < 1.29 is 0 Å². The largest absolute Gasteiger partial charge is 0.356 e. The van der Waals surface area contributed by atoms with Crippen LogP contribution in [0.3, 0.4) is 0 Å². The first-order valence-electron chi connectivity index (χ1n) is 28.0. The number of rotatable bonds is 5. The van der Waals surface area contributed by atoms with E-state index in [-0.39, 0.29) is 5.41 Å². The number of nitrogens with one attached hydrogen (secondary N) is 1. The Bertz CT molecular complexity index is 4230.